The maximum absolute atomic E-state index is 4.31. The van der Waals surface area contributed by atoms with Crippen LogP contribution in [0.25, 0.3) is 0 Å². The zero-order valence-corrected chi connectivity index (χ0v) is 12.0. The Kier molecular flexibility index (Phi) is 3.82. The summed E-state index contributed by atoms with van der Waals surface area (Å²) < 4.78 is 0. The largest absolute Gasteiger partial charge is 0.314 e. The van der Waals surface area contributed by atoms with Crippen molar-refractivity contribution in [2.75, 3.05) is 6.54 Å². The predicted octanol–water partition coefficient (Wildman–Crippen LogP) is 1.56. The zero-order valence-electron chi connectivity index (χ0n) is 12.0. The van der Waals surface area contributed by atoms with Gasteiger partial charge in [0, 0.05) is 12.5 Å². The van der Waals surface area contributed by atoms with E-state index in [0.29, 0.717) is 6.04 Å². The maximum atomic E-state index is 4.31. The van der Waals surface area contributed by atoms with E-state index in [1.807, 2.05) is 7.05 Å². The number of aryl methyl sites for hydroxylation is 1. The van der Waals surface area contributed by atoms with Gasteiger partial charge in [0.25, 0.3) is 0 Å². The molecule has 1 heterocycles. The van der Waals surface area contributed by atoms with E-state index in [9.17, 15) is 0 Å². The number of aromatic nitrogens is 4. The quantitative estimate of drug-likeness (QED) is 0.846. The monoisotopic (exact) mass is 263 g/mol. The van der Waals surface area contributed by atoms with Crippen LogP contribution in [0.3, 0.4) is 0 Å². The molecule has 2 aliphatic carbocycles. The highest BCUT2D eigenvalue weighted by Crippen LogP contribution is 2.49. The van der Waals surface area contributed by atoms with Crippen molar-refractivity contribution in [3.63, 3.8) is 0 Å². The van der Waals surface area contributed by atoms with Gasteiger partial charge >= 0.3 is 0 Å². The van der Waals surface area contributed by atoms with Gasteiger partial charge in [0.05, 0.1) is 7.05 Å². The molecule has 2 saturated carbocycles. The highest BCUT2D eigenvalue weighted by Gasteiger charge is 2.40. The van der Waals surface area contributed by atoms with Gasteiger partial charge in [0.2, 0.25) is 0 Å². The van der Waals surface area contributed by atoms with Crippen molar-refractivity contribution in [3.05, 3.63) is 5.82 Å². The fraction of sp³-hybridized carbons (Fsp3) is 0.929. The normalized spacial score (nSPS) is 30.9. The highest BCUT2D eigenvalue weighted by molar-refractivity contribution is 4.93. The van der Waals surface area contributed by atoms with Crippen LogP contribution in [0, 0.1) is 17.8 Å². The molecule has 4 atom stereocenters. The van der Waals surface area contributed by atoms with Crippen LogP contribution >= 0.6 is 0 Å². The standard InChI is InChI=1S/C14H25N5/c1-3-15-13(9-14-16-18-19(2)17-14)8-12-7-10-4-5-11(12)6-10/h10-13,15H,3-9H2,1-2H3. The lowest BCUT2D eigenvalue weighted by molar-refractivity contribution is 0.276. The molecule has 0 aliphatic heterocycles. The van der Waals surface area contributed by atoms with Crippen LogP contribution in [-0.2, 0) is 13.5 Å². The molecule has 0 aromatic carbocycles. The highest BCUT2D eigenvalue weighted by atomic mass is 15.6. The van der Waals surface area contributed by atoms with Gasteiger partial charge in [-0.3, -0.25) is 0 Å². The van der Waals surface area contributed by atoms with Gasteiger partial charge in [0.1, 0.15) is 0 Å². The van der Waals surface area contributed by atoms with Crippen molar-refractivity contribution in [1.82, 2.24) is 25.5 Å². The zero-order chi connectivity index (χ0) is 13.2. The first kappa shape index (κ1) is 13.0. The van der Waals surface area contributed by atoms with Crippen LogP contribution < -0.4 is 5.32 Å². The summed E-state index contributed by atoms with van der Waals surface area (Å²) in [5.74, 6) is 3.84. The average Bonchev–Trinajstić information content (AvgIpc) is 3.06. The summed E-state index contributed by atoms with van der Waals surface area (Å²) in [6, 6.07) is 0.513. The minimum absolute atomic E-state index is 0.513. The lowest BCUT2D eigenvalue weighted by Crippen LogP contribution is -2.34. The summed E-state index contributed by atoms with van der Waals surface area (Å²) in [6.07, 6.45) is 8.10. The van der Waals surface area contributed by atoms with Crippen LogP contribution in [0.15, 0.2) is 0 Å². The maximum Gasteiger partial charge on any atom is 0.176 e. The van der Waals surface area contributed by atoms with E-state index in [1.165, 1.54) is 32.1 Å². The van der Waals surface area contributed by atoms with E-state index in [2.05, 4.69) is 27.7 Å². The van der Waals surface area contributed by atoms with Crippen molar-refractivity contribution < 1.29 is 0 Å². The summed E-state index contributed by atoms with van der Waals surface area (Å²) in [7, 11) is 1.83. The van der Waals surface area contributed by atoms with E-state index in [4.69, 9.17) is 0 Å². The number of hydrogen-bond donors (Lipinski definition) is 1. The first-order valence-corrected chi connectivity index (χ1v) is 7.70. The van der Waals surface area contributed by atoms with E-state index in [-0.39, 0.29) is 0 Å². The Morgan fingerprint density at radius 3 is 2.84 bits per heavy atom. The number of rotatable bonds is 6. The lowest BCUT2D eigenvalue weighted by Gasteiger charge is -2.26. The van der Waals surface area contributed by atoms with Gasteiger partial charge < -0.3 is 5.32 Å². The van der Waals surface area contributed by atoms with Crippen molar-refractivity contribution in [2.24, 2.45) is 24.8 Å². The fourth-order valence-corrected chi connectivity index (χ4v) is 4.18. The van der Waals surface area contributed by atoms with E-state index in [0.717, 1.165) is 36.5 Å². The average molecular weight is 263 g/mol. The third kappa shape index (κ3) is 2.96. The Balaban J connectivity index is 1.58. The second kappa shape index (κ2) is 5.57. The van der Waals surface area contributed by atoms with Crippen molar-refractivity contribution in [3.8, 4) is 0 Å². The van der Waals surface area contributed by atoms with E-state index >= 15 is 0 Å². The van der Waals surface area contributed by atoms with Gasteiger partial charge in [-0.05, 0) is 55.2 Å². The summed E-state index contributed by atoms with van der Waals surface area (Å²) >= 11 is 0. The van der Waals surface area contributed by atoms with Crippen LogP contribution in [0.5, 0.6) is 0 Å². The molecule has 3 rings (SSSR count). The minimum atomic E-state index is 0.513. The molecule has 0 saturated heterocycles. The summed E-state index contributed by atoms with van der Waals surface area (Å²) in [4.78, 5) is 1.55. The molecule has 5 nitrogen and oxygen atoms in total. The number of nitrogens with zero attached hydrogens (tertiary/aromatic N) is 4. The lowest BCUT2D eigenvalue weighted by atomic mass is 9.83. The van der Waals surface area contributed by atoms with Crippen LogP contribution in [0.4, 0.5) is 0 Å². The van der Waals surface area contributed by atoms with Crippen molar-refractivity contribution in [1.29, 1.82) is 0 Å². The first-order chi connectivity index (χ1) is 9.24. The minimum Gasteiger partial charge on any atom is -0.314 e. The molecule has 1 aromatic rings. The molecule has 19 heavy (non-hydrogen) atoms. The number of fused-ring (bicyclic) bond motifs is 2. The number of tetrazole rings is 1. The van der Waals surface area contributed by atoms with Gasteiger partial charge in [0.15, 0.2) is 5.82 Å². The van der Waals surface area contributed by atoms with Crippen LogP contribution in [0.1, 0.15) is 44.9 Å². The molecular formula is C14H25N5. The SMILES string of the molecule is CCNC(Cc1nnn(C)n1)CC1CC2CCC1C2. The molecule has 0 amide bonds. The molecule has 2 fully saturated rings. The van der Waals surface area contributed by atoms with Gasteiger partial charge in [-0.15, -0.1) is 10.2 Å². The molecule has 4 unspecified atom stereocenters. The fourth-order valence-electron chi connectivity index (χ4n) is 4.18. The molecule has 5 heteroatoms. The van der Waals surface area contributed by atoms with Gasteiger partial charge in [-0.2, -0.15) is 4.80 Å². The van der Waals surface area contributed by atoms with Crippen LogP contribution in [-0.4, -0.2) is 32.8 Å². The Bertz CT molecular complexity index is 416. The van der Waals surface area contributed by atoms with E-state index < -0.39 is 0 Å². The second-order valence-electron chi connectivity index (χ2n) is 6.32. The molecule has 1 N–H and O–H groups in total. The Labute approximate surface area is 115 Å². The van der Waals surface area contributed by atoms with Crippen molar-refractivity contribution >= 4 is 0 Å². The Morgan fingerprint density at radius 1 is 1.37 bits per heavy atom. The van der Waals surface area contributed by atoms with Gasteiger partial charge in [-0.25, -0.2) is 0 Å². The smallest absolute Gasteiger partial charge is 0.176 e. The molecule has 2 bridgehead atoms. The number of likely N-dealkylation sites (N-methyl/N-ethyl adjacent to an activating group) is 1. The second-order valence-corrected chi connectivity index (χ2v) is 6.32. The van der Waals surface area contributed by atoms with Crippen molar-refractivity contribution in [2.45, 2.75) is 51.5 Å². The molecule has 1 aromatic heterocycles. The summed E-state index contributed by atoms with van der Waals surface area (Å²) in [5, 5.41) is 16.0. The third-order valence-corrected chi connectivity index (χ3v) is 4.94. The Hall–Kier alpha value is -0.970. The molecular weight excluding hydrogens is 238 g/mol. The molecule has 106 valence electrons. The number of nitrogens with one attached hydrogen (secondary N) is 1. The predicted molar refractivity (Wildman–Crippen MR) is 73.5 cm³/mol. The molecule has 2 aliphatic rings. The van der Waals surface area contributed by atoms with Crippen LogP contribution in [0.2, 0.25) is 0 Å². The third-order valence-electron chi connectivity index (χ3n) is 4.94. The number of hydrogen-bond acceptors (Lipinski definition) is 4. The molecule has 0 spiro atoms. The summed E-state index contributed by atoms with van der Waals surface area (Å²) in [5.41, 5.74) is 0. The topological polar surface area (TPSA) is 55.6 Å². The molecule has 0 radical (unpaired) electrons. The van der Waals surface area contributed by atoms with Gasteiger partial charge in [-0.1, -0.05) is 13.3 Å². The summed E-state index contributed by atoms with van der Waals surface area (Å²) in [6.45, 7) is 3.20. The van der Waals surface area contributed by atoms with E-state index in [1.54, 1.807) is 4.80 Å². The first-order valence-electron chi connectivity index (χ1n) is 7.70. The Morgan fingerprint density at radius 2 is 2.26 bits per heavy atom.